The van der Waals surface area contributed by atoms with Gasteiger partial charge in [0.25, 0.3) is 0 Å². The molecule has 0 aliphatic rings. The van der Waals surface area contributed by atoms with Gasteiger partial charge in [0.1, 0.15) is 11.2 Å². The molecule has 0 fully saturated rings. The number of hydrogen-bond donors (Lipinski definition) is 0. The van der Waals surface area contributed by atoms with Crippen LogP contribution in [0, 0.1) is 0 Å². The summed E-state index contributed by atoms with van der Waals surface area (Å²) in [5.41, 5.74) is 7.16. The fourth-order valence-electron chi connectivity index (χ4n) is 7.45. The smallest absolute Gasteiger partial charge is 0.164 e. The van der Waals surface area contributed by atoms with Gasteiger partial charge in [0.15, 0.2) is 17.5 Å². The second kappa shape index (κ2) is 13.0. The first-order valence-corrected chi connectivity index (χ1v) is 18.0. The van der Waals surface area contributed by atoms with Crippen LogP contribution in [0.3, 0.4) is 0 Å². The molecule has 8 aromatic carbocycles. The predicted octanol–water partition coefficient (Wildman–Crippen LogP) is 13.2. The molecular weight excluding hydrogens is 685 g/mol. The van der Waals surface area contributed by atoms with Gasteiger partial charge in [0, 0.05) is 43.8 Å². The lowest BCUT2D eigenvalue weighted by Crippen LogP contribution is -2.00. The number of hydrogen-bond acceptors (Lipinski definition) is 4. The molecule has 0 radical (unpaired) electrons. The van der Waals surface area contributed by atoms with Crippen molar-refractivity contribution < 1.29 is 16.8 Å². The predicted molar refractivity (Wildman–Crippen MR) is 229 cm³/mol. The number of benzene rings is 8. The molecule has 0 aliphatic carbocycles. The van der Waals surface area contributed by atoms with Gasteiger partial charge in [-0.1, -0.05) is 151 Å². The Kier molecular flexibility index (Phi) is 5.57. The van der Waals surface area contributed by atoms with Gasteiger partial charge < -0.3 is 8.98 Å². The molecule has 0 amide bonds. The van der Waals surface area contributed by atoms with Crippen LogP contribution in [0.4, 0.5) is 0 Å². The Hall–Kier alpha value is -7.63. The monoisotopic (exact) mass is 725 g/mol. The van der Waals surface area contributed by atoms with Gasteiger partial charge in [-0.05, 0) is 59.1 Å². The molecule has 0 N–H and O–H groups in total. The lowest BCUT2D eigenvalue weighted by atomic mass is 10.0. The molecule has 5 heteroatoms. The quantitative estimate of drug-likeness (QED) is 0.171. The Bertz CT molecular complexity index is 3750. The number of fused-ring (bicyclic) bond motifs is 6. The number of rotatable bonds is 6. The maximum atomic E-state index is 9.17. The van der Waals surface area contributed by atoms with Crippen molar-refractivity contribution in [3.63, 3.8) is 0 Å². The second-order valence-electron chi connectivity index (χ2n) is 13.4. The minimum Gasteiger partial charge on any atom is -0.456 e. The number of para-hydroxylation sites is 3. The van der Waals surface area contributed by atoms with E-state index in [1.54, 1.807) is 22.8 Å². The number of aromatic nitrogens is 4. The van der Waals surface area contributed by atoms with Gasteiger partial charge in [-0.25, -0.2) is 15.0 Å². The van der Waals surface area contributed by atoms with Gasteiger partial charge in [0.05, 0.1) is 29.1 Å². The second-order valence-corrected chi connectivity index (χ2v) is 13.4. The third-order valence-electron chi connectivity index (χ3n) is 10.1. The van der Waals surface area contributed by atoms with E-state index in [1.807, 2.05) is 121 Å². The molecule has 262 valence electrons. The molecule has 0 saturated heterocycles. The van der Waals surface area contributed by atoms with Crippen LogP contribution in [-0.2, 0) is 0 Å². The highest BCUT2D eigenvalue weighted by molar-refractivity contribution is 6.11. The van der Waals surface area contributed by atoms with Crippen LogP contribution in [0.1, 0.15) is 12.3 Å². The average molecular weight is 726 g/mol. The standard InChI is InChI=1S/C51H32N4O/c1-3-13-33(14-4-1)37-28-30-46-43(31-37)40-18-8-11-21-45(40)55(46)44-20-10-7-17-39(44)34-23-25-36(26-24-34)50-52-49(35-15-5-2-6-16-35)53-51(54-50)38-27-29-42-41-19-9-12-22-47(41)56-48(42)32-38/h1-32H/i1D,3D,4D,8D,11D,13D,14D,18D,21D. The van der Waals surface area contributed by atoms with Crippen molar-refractivity contribution in [2.75, 3.05) is 0 Å². The molecule has 5 nitrogen and oxygen atoms in total. The molecule has 0 bridgehead atoms. The van der Waals surface area contributed by atoms with Crippen LogP contribution in [0.5, 0.6) is 0 Å². The Morgan fingerprint density at radius 3 is 1.86 bits per heavy atom. The summed E-state index contributed by atoms with van der Waals surface area (Å²) < 4.78 is 85.5. The highest BCUT2D eigenvalue weighted by atomic mass is 16.3. The highest BCUT2D eigenvalue weighted by Gasteiger charge is 2.18. The van der Waals surface area contributed by atoms with Gasteiger partial charge in [-0.2, -0.15) is 0 Å². The van der Waals surface area contributed by atoms with Gasteiger partial charge in [-0.15, -0.1) is 0 Å². The maximum Gasteiger partial charge on any atom is 0.164 e. The molecule has 11 aromatic rings. The molecular formula is C51H32N4O. The molecule has 11 rings (SSSR count). The highest BCUT2D eigenvalue weighted by Crippen LogP contribution is 2.39. The van der Waals surface area contributed by atoms with Crippen molar-refractivity contribution in [2.24, 2.45) is 0 Å². The first-order valence-electron chi connectivity index (χ1n) is 22.5. The summed E-state index contributed by atoms with van der Waals surface area (Å²) in [5, 5.41) is 2.70. The zero-order valence-electron chi connectivity index (χ0n) is 38.5. The van der Waals surface area contributed by atoms with E-state index in [2.05, 4.69) is 0 Å². The van der Waals surface area contributed by atoms with E-state index in [-0.39, 0.29) is 40.6 Å². The fourth-order valence-corrected chi connectivity index (χ4v) is 7.45. The summed E-state index contributed by atoms with van der Waals surface area (Å²) >= 11 is 0. The van der Waals surface area contributed by atoms with E-state index in [9.17, 15) is 1.37 Å². The fraction of sp³-hybridized carbons (Fsp3) is 0. The van der Waals surface area contributed by atoms with Gasteiger partial charge in [-0.3, -0.25) is 0 Å². The first kappa shape index (κ1) is 23.9. The Labute approximate surface area is 335 Å². The van der Waals surface area contributed by atoms with Crippen molar-refractivity contribution in [1.82, 2.24) is 19.5 Å². The molecule has 0 saturated carbocycles. The topological polar surface area (TPSA) is 56.7 Å². The minimum atomic E-state index is -0.507. The van der Waals surface area contributed by atoms with E-state index in [1.165, 1.54) is 0 Å². The number of furan rings is 1. The maximum absolute atomic E-state index is 9.17. The molecule has 56 heavy (non-hydrogen) atoms. The Morgan fingerprint density at radius 2 is 1.02 bits per heavy atom. The summed E-state index contributed by atoms with van der Waals surface area (Å²) in [6.45, 7) is 0. The first-order chi connectivity index (χ1) is 31.5. The van der Waals surface area contributed by atoms with Crippen LogP contribution < -0.4 is 0 Å². The SMILES string of the molecule is [2H]c1c([2H])c([2H])c(-c2ccc3c(c2)c2c([2H])c([2H])c([2H])c([2H])c2n3-c2ccccc2-c2ccc(-c3nc(-c4ccccc4)nc(-c4ccc5c(c4)oc4ccccc45)n3)cc2)c([2H])c1[2H]. The van der Waals surface area contributed by atoms with E-state index < -0.39 is 30.2 Å². The van der Waals surface area contributed by atoms with E-state index in [4.69, 9.17) is 30.3 Å². The molecule has 0 unspecified atom stereocenters. The summed E-state index contributed by atoms with van der Waals surface area (Å²) in [7, 11) is 0. The minimum absolute atomic E-state index is 0.00594. The Balaban J connectivity index is 1.05. The third-order valence-corrected chi connectivity index (χ3v) is 10.1. The van der Waals surface area contributed by atoms with E-state index >= 15 is 0 Å². The summed E-state index contributed by atoms with van der Waals surface area (Å²) in [6.07, 6.45) is 0. The lowest BCUT2D eigenvalue weighted by molar-refractivity contribution is 0.669. The largest absolute Gasteiger partial charge is 0.456 e. The van der Waals surface area contributed by atoms with Crippen molar-refractivity contribution in [3.8, 4) is 62.1 Å². The van der Waals surface area contributed by atoms with Crippen LogP contribution >= 0.6 is 0 Å². The Morgan fingerprint density at radius 1 is 0.393 bits per heavy atom. The molecule has 0 aliphatic heterocycles. The molecule has 0 atom stereocenters. The zero-order valence-corrected chi connectivity index (χ0v) is 29.5. The molecule has 3 aromatic heterocycles. The number of nitrogens with zero attached hydrogens (tertiary/aromatic N) is 4. The van der Waals surface area contributed by atoms with Crippen molar-refractivity contribution in [2.45, 2.75) is 0 Å². The molecule has 0 spiro atoms. The van der Waals surface area contributed by atoms with Crippen LogP contribution in [0.15, 0.2) is 198 Å². The zero-order chi connectivity index (χ0) is 44.8. The van der Waals surface area contributed by atoms with Gasteiger partial charge in [0.2, 0.25) is 0 Å². The van der Waals surface area contributed by atoms with Crippen LogP contribution in [0.2, 0.25) is 0 Å². The summed E-state index contributed by atoms with van der Waals surface area (Å²) in [5.74, 6) is 1.46. The van der Waals surface area contributed by atoms with Gasteiger partial charge >= 0.3 is 0 Å². The van der Waals surface area contributed by atoms with Crippen molar-refractivity contribution in [3.05, 3.63) is 194 Å². The third kappa shape index (κ3) is 5.37. The van der Waals surface area contributed by atoms with Crippen LogP contribution in [-0.4, -0.2) is 19.5 Å². The summed E-state index contributed by atoms with van der Waals surface area (Å²) in [4.78, 5) is 14.8. The lowest BCUT2D eigenvalue weighted by Gasteiger charge is -2.15. The van der Waals surface area contributed by atoms with Crippen molar-refractivity contribution >= 4 is 43.7 Å². The van der Waals surface area contributed by atoms with Crippen molar-refractivity contribution in [1.29, 1.82) is 0 Å². The molecule has 3 heterocycles. The van der Waals surface area contributed by atoms with Crippen LogP contribution in [0.25, 0.3) is 106 Å². The van der Waals surface area contributed by atoms with E-state index in [0.717, 1.165) is 49.8 Å². The average Bonchev–Trinajstić information content (AvgIpc) is 3.89. The summed E-state index contributed by atoms with van der Waals surface area (Å²) in [6, 6.07) is 40.5. The normalized spacial score (nSPS) is 13.8. The van der Waals surface area contributed by atoms with E-state index in [0.29, 0.717) is 39.6 Å².